The van der Waals surface area contributed by atoms with E-state index < -0.39 is 15.7 Å². The number of hydrogen-bond acceptors (Lipinski definition) is 4. The summed E-state index contributed by atoms with van der Waals surface area (Å²) in [4.78, 5) is 4.95. The van der Waals surface area contributed by atoms with Gasteiger partial charge in [0.15, 0.2) is 15.8 Å². The van der Waals surface area contributed by atoms with Crippen LogP contribution in [-0.2, 0) is 9.84 Å². The monoisotopic (exact) mass is 497 g/mol. The Balaban J connectivity index is 0.00000312. The zero-order chi connectivity index (χ0) is 17.6. The van der Waals surface area contributed by atoms with E-state index in [1.54, 1.807) is 18.4 Å². The zero-order valence-electron chi connectivity index (χ0n) is 13.9. The number of halogens is 2. The molecule has 0 saturated carbocycles. The lowest BCUT2D eigenvalue weighted by atomic mass is 10.3. The standard InChI is InChI=1S/C16H20FN3O2S2.HI/c1-12(14-7-5-10-23-14)20-16(18-2)19-9-11-24(21,22)15-8-4-3-6-13(15)17;/h3-8,10,12H,9,11H2,1-2H3,(H2,18,19,20);1H. The van der Waals surface area contributed by atoms with Crippen LogP contribution < -0.4 is 10.6 Å². The molecule has 0 aliphatic carbocycles. The molecule has 0 aliphatic heterocycles. The fourth-order valence-electron chi connectivity index (χ4n) is 2.12. The average Bonchev–Trinajstić information content (AvgIpc) is 3.08. The Labute approximate surface area is 168 Å². The van der Waals surface area contributed by atoms with Crippen LogP contribution in [0.5, 0.6) is 0 Å². The smallest absolute Gasteiger partial charge is 0.191 e. The van der Waals surface area contributed by atoms with Crippen molar-refractivity contribution in [1.82, 2.24) is 10.6 Å². The van der Waals surface area contributed by atoms with E-state index in [1.807, 2.05) is 24.4 Å². The van der Waals surface area contributed by atoms with Crippen LogP contribution in [0.15, 0.2) is 51.7 Å². The largest absolute Gasteiger partial charge is 0.355 e. The number of guanidine groups is 1. The van der Waals surface area contributed by atoms with Crippen molar-refractivity contribution in [3.8, 4) is 0 Å². The maximum Gasteiger partial charge on any atom is 0.191 e. The first-order valence-corrected chi connectivity index (χ1v) is 9.95. The summed E-state index contributed by atoms with van der Waals surface area (Å²) >= 11 is 1.63. The number of aliphatic imine (C=N–C) groups is 1. The third-order valence-electron chi connectivity index (χ3n) is 3.38. The number of thiophene rings is 1. The van der Waals surface area contributed by atoms with Crippen LogP contribution in [0, 0.1) is 5.82 Å². The molecule has 2 N–H and O–H groups in total. The predicted molar refractivity (Wildman–Crippen MR) is 111 cm³/mol. The van der Waals surface area contributed by atoms with E-state index >= 15 is 0 Å². The Kier molecular flexibility index (Phi) is 8.80. The Morgan fingerprint density at radius 3 is 2.60 bits per heavy atom. The number of sulfone groups is 1. The van der Waals surface area contributed by atoms with Crippen molar-refractivity contribution in [2.24, 2.45) is 4.99 Å². The van der Waals surface area contributed by atoms with E-state index in [2.05, 4.69) is 15.6 Å². The van der Waals surface area contributed by atoms with Gasteiger partial charge in [-0.15, -0.1) is 35.3 Å². The lowest BCUT2D eigenvalue weighted by Gasteiger charge is -2.17. The van der Waals surface area contributed by atoms with Crippen LogP contribution in [0.4, 0.5) is 4.39 Å². The molecule has 1 unspecified atom stereocenters. The molecule has 0 spiro atoms. The second kappa shape index (κ2) is 10.1. The summed E-state index contributed by atoms with van der Waals surface area (Å²) in [7, 11) is -2.07. The fraction of sp³-hybridized carbons (Fsp3) is 0.312. The normalized spacial score (nSPS) is 13.0. The third kappa shape index (κ3) is 6.23. The highest BCUT2D eigenvalue weighted by molar-refractivity contribution is 14.0. The van der Waals surface area contributed by atoms with Gasteiger partial charge >= 0.3 is 0 Å². The Hall–Kier alpha value is -1.20. The van der Waals surface area contributed by atoms with Crippen molar-refractivity contribution in [2.75, 3.05) is 19.3 Å². The van der Waals surface area contributed by atoms with Gasteiger partial charge in [-0.25, -0.2) is 12.8 Å². The van der Waals surface area contributed by atoms with E-state index in [1.165, 1.54) is 18.2 Å². The molecule has 1 aromatic heterocycles. The molecule has 0 saturated heterocycles. The summed E-state index contributed by atoms with van der Waals surface area (Å²) in [5, 5.41) is 8.13. The van der Waals surface area contributed by atoms with Crippen LogP contribution in [0.3, 0.4) is 0 Å². The van der Waals surface area contributed by atoms with Crippen LogP contribution in [-0.4, -0.2) is 33.7 Å². The fourth-order valence-corrected chi connectivity index (χ4v) is 4.10. The Morgan fingerprint density at radius 2 is 2.00 bits per heavy atom. The van der Waals surface area contributed by atoms with Crippen molar-refractivity contribution in [3.05, 3.63) is 52.5 Å². The first-order valence-electron chi connectivity index (χ1n) is 7.42. The van der Waals surface area contributed by atoms with Gasteiger partial charge in [-0.2, -0.15) is 0 Å². The zero-order valence-corrected chi connectivity index (χ0v) is 17.9. The SMILES string of the molecule is CN=C(NCCS(=O)(=O)c1ccccc1F)NC(C)c1cccs1.I. The highest BCUT2D eigenvalue weighted by Gasteiger charge is 2.18. The van der Waals surface area contributed by atoms with E-state index in [-0.39, 0.29) is 47.2 Å². The molecule has 5 nitrogen and oxygen atoms in total. The quantitative estimate of drug-likeness (QED) is 0.366. The number of nitrogens with one attached hydrogen (secondary N) is 2. The molecular weight excluding hydrogens is 476 g/mol. The van der Waals surface area contributed by atoms with Crippen molar-refractivity contribution in [2.45, 2.75) is 17.9 Å². The molecule has 1 atom stereocenters. The highest BCUT2D eigenvalue weighted by Crippen LogP contribution is 2.18. The minimum Gasteiger partial charge on any atom is -0.355 e. The van der Waals surface area contributed by atoms with Crippen molar-refractivity contribution < 1.29 is 12.8 Å². The Morgan fingerprint density at radius 1 is 1.28 bits per heavy atom. The lowest BCUT2D eigenvalue weighted by Crippen LogP contribution is -2.40. The second-order valence-corrected chi connectivity index (χ2v) is 8.19. The molecule has 25 heavy (non-hydrogen) atoms. The van der Waals surface area contributed by atoms with Gasteiger partial charge in [0, 0.05) is 18.5 Å². The van der Waals surface area contributed by atoms with Gasteiger partial charge in [0.05, 0.1) is 11.8 Å². The number of hydrogen-bond donors (Lipinski definition) is 2. The average molecular weight is 497 g/mol. The topological polar surface area (TPSA) is 70.6 Å². The van der Waals surface area contributed by atoms with Crippen LogP contribution >= 0.6 is 35.3 Å². The van der Waals surface area contributed by atoms with Crippen molar-refractivity contribution in [1.29, 1.82) is 0 Å². The van der Waals surface area contributed by atoms with Gasteiger partial charge in [-0.05, 0) is 30.5 Å². The van der Waals surface area contributed by atoms with Gasteiger partial charge in [-0.1, -0.05) is 18.2 Å². The third-order valence-corrected chi connectivity index (χ3v) is 6.18. The van der Waals surface area contributed by atoms with E-state index in [4.69, 9.17) is 0 Å². The second-order valence-electron chi connectivity index (χ2n) is 5.13. The van der Waals surface area contributed by atoms with E-state index in [9.17, 15) is 12.8 Å². The molecule has 0 amide bonds. The molecule has 9 heteroatoms. The van der Waals surface area contributed by atoms with Crippen LogP contribution in [0.1, 0.15) is 17.8 Å². The molecule has 2 aromatic rings. The summed E-state index contributed by atoms with van der Waals surface area (Å²) in [6.07, 6.45) is 0. The molecule has 0 bridgehead atoms. The Bertz CT molecular complexity index is 795. The van der Waals surface area contributed by atoms with Gasteiger partial charge in [0.1, 0.15) is 10.7 Å². The highest BCUT2D eigenvalue weighted by atomic mass is 127. The van der Waals surface area contributed by atoms with Crippen LogP contribution in [0.2, 0.25) is 0 Å². The summed E-state index contributed by atoms with van der Waals surface area (Å²) in [5.41, 5.74) is 0. The lowest BCUT2D eigenvalue weighted by molar-refractivity contribution is 0.566. The van der Waals surface area contributed by atoms with E-state index in [0.29, 0.717) is 5.96 Å². The van der Waals surface area contributed by atoms with Gasteiger partial charge in [0.2, 0.25) is 0 Å². The molecule has 0 aliphatic rings. The first kappa shape index (κ1) is 21.8. The molecule has 1 heterocycles. The number of rotatable bonds is 6. The maximum absolute atomic E-state index is 13.6. The number of benzene rings is 1. The van der Waals surface area contributed by atoms with Gasteiger partial charge in [-0.3, -0.25) is 4.99 Å². The molecule has 0 radical (unpaired) electrons. The van der Waals surface area contributed by atoms with Crippen LogP contribution in [0.25, 0.3) is 0 Å². The molecule has 2 rings (SSSR count). The minimum atomic E-state index is -3.68. The predicted octanol–water partition coefficient (Wildman–Crippen LogP) is 3.21. The number of nitrogens with zero attached hydrogens (tertiary/aromatic N) is 1. The first-order chi connectivity index (χ1) is 11.4. The van der Waals surface area contributed by atoms with E-state index in [0.717, 1.165) is 10.9 Å². The van der Waals surface area contributed by atoms with Crippen molar-refractivity contribution >= 4 is 51.1 Å². The molecule has 1 aromatic carbocycles. The summed E-state index contributed by atoms with van der Waals surface area (Å²) in [5.74, 6) is -0.451. The van der Waals surface area contributed by atoms with Crippen molar-refractivity contribution in [3.63, 3.8) is 0 Å². The summed E-state index contributed by atoms with van der Waals surface area (Å²) in [6.45, 7) is 2.13. The maximum atomic E-state index is 13.6. The molecule has 138 valence electrons. The summed E-state index contributed by atoms with van der Waals surface area (Å²) in [6, 6.07) is 9.42. The van der Waals surface area contributed by atoms with Gasteiger partial charge in [0.25, 0.3) is 0 Å². The summed E-state index contributed by atoms with van der Waals surface area (Å²) < 4.78 is 38.0. The molecular formula is C16H21FIN3O2S2. The molecule has 0 fully saturated rings. The minimum absolute atomic E-state index is 0. The van der Waals surface area contributed by atoms with Gasteiger partial charge < -0.3 is 10.6 Å².